The molecule has 13 nitrogen and oxygen atoms in total. The molecule has 28 heavy (non-hydrogen) atoms. The molecular formula is C13H18K2N2O11. The van der Waals surface area contributed by atoms with Gasteiger partial charge in [-0.1, -0.05) is 0 Å². The van der Waals surface area contributed by atoms with Crippen LogP contribution in [0.4, 0.5) is 14.4 Å². The summed E-state index contributed by atoms with van der Waals surface area (Å²) in [5.74, 6) is -2.10. The van der Waals surface area contributed by atoms with Crippen molar-refractivity contribution in [2.45, 2.75) is 37.8 Å². The Morgan fingerprint density at radius 1 is 0.679 bits per heavy atom. The molecule has 2 aliphatic rings. The molecule has 4 N–H and O–H groups in total. The summed E-state index contributed by atoms with van der Waals surface area (Å²) in [6.45, 7) is 0.679. The van der Waals surface area contributed by atoms with Crippen LogP contribution < -0.4 is 113 Å². The van der Waals surface area contributed by atoms with Gasteiger partial charge in [0.2, 0.25) is 0 Å². The molecular weight excluding hydrogens is 438 g/mol. The van der Waals surface area contributed by atoms with E-state index in [1.165, 1.54) is 0 Å². The maximum Gasteiger partial charge on any atom is 1.00 e. The molecule has 15 heteroatoms. The van der Waals surface area contributed by atoms with Crippen LogP contribution in [0.1, 0.15) is 25.7 Å². The van der Waals surface area contributed by atoms with E-state index in [-0.39, 0.29) is 103 Å². The summed E-state index contributed by atoms with van der Waals surface area (Å²) in [7, 11) is 0. The second-order valence-corrected chi connectivity index (χ2v) is 5.19. The largest absolute Gasteiger partial charge is 1.00 e. The minimum atomic E-state index is -2.33. The van der Waals surface area contributed by atoms with E-state index in [2.05, 4.69) is 0 Å². The molecule has 148 valence electrons. The maximum atomic E-state index is 10.4. The van der Waals surface area contributed by atoms with Gasteiger partial charge < -0.3 is 35.4 Å². The average Bonchev–Trinajstić information content (AvgIpc) is 3.16. The maximum absolute atomic E-state index is 10.4. The van der Waals surface area contributed by atoms with E-state index in [1.807, 2.05) is 0 Å². The van der Waals surface area contributed by atoms with Gasteiger partial charge in [0, 0.05) is 13.1 Å². The zero-order valence-corrected chi connectivity index (χ0v) is 21.7. The number of aliphatic carboxylic acids is 2. The Morgan fingerprint density at radius 3 is 1.07 bits per heavy atom. The molecule has 2 saturated heterocycles. The van der Waals surface area contributed by atoms with Gasteiger partial charge in [0.25, 0.3) is 0 Å². The van der Waals surface area contributed by atoms with Crippen LogP contribution in [0.3, 0.4) is 0 Å². The molecule has 2 unspecified atom stereocenters. The number of carboxylic acids is 2. The van der Waals surface area contributed by atoms with Crippen LogP contribution in [0.5, 0.6) is 0 Å². The molecule has 2 amide bonds. The molecule has 2 heterocycles. The van der Waals surface area contributed by atoms with Gasteiger partial charge in [-0.2, -0.15) is 0 Å². The van der Waals surface area contributed by atoms with Gasteiger partial charge in [0.1, 0.15) is 12.1 Å². The number of carboxylic acid groups (broad SMARTS) is 6. The molecule has 0 bridgehead atoms. The van der Waals surface area contributed by atoms with E-state index >= 15 is 0 Å². The van der Waals surface area contributed by atoms with Crippen molar-refractivity contribution in [2.75, 3.05) is 13.1 Å². The fraction of sp³-hybridized carbons (Fsp3) is 0.615. The molecule has 0 radical (unpaired) electrons. The van der Waals surface area contributed by atoms with Crippen LogP contribution >= 0.6 is 0 Å². The van der Waals surface area contributed by atoms with Crippen LogP contribution in [-0.4, -0.2) is 85.7 Å². The number of carbonyl (C=O) groups excluding carboxylic acids is 1. The normalized spacial score (nSPS) is 19.4. The summed E-state index contributed by atoms with van der Waals surface area (Å²) in [4.78, 5) is 51.8. The minimum Gasteiger partial charge on any atom is -0.652 e. The van der Waals surface area contributed by atoms with Crippen LogP contribution in [0.2, 0.25) is 0 Å². The number of rotatable bonds is 2. The van der Waals surface area contributed by atoms with Gasteiger partial charge in [-0.15, -0.1) is 0 Å². The fourth-order valence-corrected chi connectivity index (χ4v) is 2.50. The van der Waals surface area contributed by atoms with Gasteiger partial charge in [-0.3, -0.25) is 9.80 Å². The van der Waals surface area contributed by atoms with E-state index in [9.17, 15) is 19.2 Å². The smallest absolute Gasteiger partial charge is 0.652 e. The zero-order valence-electron chi connectivity index (χ0n) is 15.4. The number of amides is 2. The van der Waals surface area contributed by atoms with Gasteiger partial charge >= 0.3 is 127 Å². The Hall–Kier alpha value is 0.0227. The molecule has 2 atom stereocenters. The van der Waals surface area contributed by atoms with Gasteiger partial charge in [0.15, 0.2) is 0 Å². The minimum absolute atomic E-state index is 0. The Bertz CT molecular complexity index is 475. The summed E-state index contributed by atoms with van der Waals surface area (Å²) >= 11 is 0. The van der Waals surface area contributed by atoms with Crippen LogP contribution in [0.25, 0.3) is 0 Å². The molecule has 2 aliphatic heterocycles. The zero-order chi connectivity index (χ0) is 20.4. The number of hydrogen-bond acceptors (Lipinski definition) is 7. The van der Waals surface area contributed by atoms with E-state index in [1.54, 1.807) is 0 Å². The van der Waals surface area contributed by atoms with E-state index < -0.39 is 42.4 Å². The Morgan fingerprint density at radius 2 is 0.929 bits per heavy atom. The van der Waals surface area contributed by atoms with Crippen molar-refractivity contribution in [3.05, 3.63) is 0 Å². The van der Waals surface area contributed by atoms with E-state index in [0.717, 1.165) is 9.80 Å². The summed E-state index contributed by atoms with van der Waals surface area (Å²) in [6, 6.07) is -1.65. The first kappa shape index (κ1) is 32.7. The van der Waals surface area contributed by atoms with Crippen molar-refractivity contribution in [2.24, 2.45) is 0 Å². The third kappa shape index (κ3) is 12.6. The van der Waals surface area contributed by atoms with Crippen molar-refractivity contribution in [1.82, 2.24) is 9.80 Å². The summed E-state index contributed by atoms with van der Waals surface area (Å²) in [5.41, 5.74) is 0. The summed E-state index contributed by atoms with van der Waals surface area (Å²) in [5, 5.41) is 50.7. The van der Waals surface area contributed by atoms with Crippen molar-refractivity contribution in [3.8, 4) is 0 Å². The van der Waals surface area contributed by atoms with Gasteiger partial charge in [0.05, 0.1) is 0 Å². The predicted octanol–water partition coefficient (Wildman–Crippen LogP) is -8.01. The van der Waals surface area contributed by atoms with Crippen molar-refractivity contribution >= 4 is 30.3 Å². The Balaban J connectivity index is -0.000000355. The van der Waals surface area contributed by atoms with Crippen LogP contribution in [0, 0.1) is 0 Å². The molecule has 0 aliphatic carbocycles. The average molecular weight is 456 g/mol. The van der Waals surface area contributed by atoms with E-state index in [4.69, 9.17) is 35.4 Å². The Labute approximate surface area is 244 Å². The van der Waals surface area contributed by atoms with Crippen LogP contribution in [0.15, 0.2) is 0 Å². The summed E-state index contributed by atoms with van der Waals surface area (Å²) in [6.07, 6.45) is -2.47. The van der Waals surface area contributed by atoms with Crippen LogP contribution in [-0.2, 0) is 9.59 Å². The first-order chi connectivity index (χ1) is 12.0. The second-order valence-electron chi connectivity index (χ2n) is 5.19. The first-order valence-corrected chi connectivity index (χ1v) is 7.31. The standard InChI is InChI=1S/2C6H9NO4.CH2O3.2K/c2*8-5(9)4-2-1-3-7(4)6(10)11;2-1(3)4;;/h2*4H,1-3H2,(H,8,9)(H,10,11);(H2,2,3,4);;/q;;;2*+1/p-2. The SMILES string of the molecule is O=C(O)C1CCCN1C(=O)O.O=C(O)C1CCCN1C(=O)O.O=C([O-])[O-].[K+].[K+]. The molecule has 0 spiro atoms. The van der Waals surface area contributed by atoms with Gasteiger partial charge in [-0.05, 0) is 31.8 Å². The molecule has 0 aromatic carbocycles. The number of likely N-dealkylation sites (tertiary alicyclic amines) is 2. The van der Waals surface area contributed by atoms with Crippen molar-refractivity contribution < 1.29 is 157 Å². The fourth-order valence-electron chi connectivity index (χ4n) is 2.50. The van der Waals surface area contributed by atoms with Crippen molar-refractivity contribution in [3.63, 3.8) is 0 Å². The molecule has 0 aromatic heterocycles. The third-order valence-electron chi connectivity index (χ3n) is 3.57. The summed E-state index contributed by atoms with van der Waals surface area (Å²) < 4.78 is 0. The first-order valence-electron chi connectivity index (χ1n) is 7.31. The monoisotopic (exact) mass is 456 g/mol. The molecule has 2 fully saturated rings. The second kappa shape index (κ2) is 16.8. The number of nitrogens with zero attached hydrogens (tertiary/aromatic N) is 2. The Kier molecular flexibility index (Phi) is 19.6. The van der Waals surface area contributed by atoms with Gasteiger partial charge in [-0.25, -0.2) is 19.2 Å². The predicted molar refractivity (Wildman–Crippen MR) is 76.2 cm³/mol. The molecule has 2 rings (SSSR count). The number of hydrogen-bond donors (Lipinski definition) is 4. The quantitative estimate of drug-likeness (QED) is 0.286. The molecule has 0 saturated carbocycles. The topological polar surface area (TPSA) is 219 Å². The number of carbonyl (C=O) groups is 5. The van der Waals surface area contributed by atoms with Crippen molar-refractivity contribution in [1.29, 1.82) is 0 Å². The van der Waals surface area contributed by atoms with E-state index in [0.29, 0.717) is 38.8 Å². The molecule has 0 aromatic rings. The third-order valence-corrected chi connectivity index (χ3v) is 3.57.